The van der Waals surface area contributed by atoms with E-state index in [2.05, 4.69) is 33.1 Å². The quantitative estimate of drug-likeness (QED) is 0.878. The first-order valence-corrected chi connectivity index (χ1v) is 8.51. The van der Waals surface area contributed by atoms with Crippen molar-refractivity contribution >= 4 is 11.6 Å². The molecule has 1 amide bonds. The van der Waals surface area contributed by atoms with Gasteiger partial charge in [-0.05, 0) is 59.9 Å². The van der Waals surface area contributed by atoms with Crippen LogP contribution >= 0.6 is 0 Å². The van der Waals surface area contributed by atoms with Gasteiger partial charge in [-0.3, -0.25) is 4.79 Å². The summed E-state index contributed by atoms with van der Waals surface area (Å²) in [5.41, 5.74) is 2.87. The van der Waals surface area contributed by atoms with Crippen LogP contribution < -0.4 is 10.6 Å². The van der Waals surface area contributed by atoms with Crippen LogP contribution in [0, 0.1) is 12.8 Å². The highest BCUT2D eigenvalue weighted by atomic mass is 16.2. The predicted octanol–water partition coefficient (Wildman–Crippen LogP) is 2.08. The monoisotopic (exact) mass is 328 g/mol. The molecule has 1 heterocycles. The van der Waals surface area contributed by atoms with Gasteiger partial charge in [0.1, 0.15) is 6.33 Å². The van der Waals surface area contributed by atoms with Gasteiger partial charge < -0.3 is 10.6 Å². The molecule has 0 bridgehead atoms. The number of nitrogens with zero attached hydrogens (tertiary/aromatic N) is 4. The van der Waals surface area contributed by atoms with Crippen LogP contribution in [-0.4, -0.2) is 38.7 Å². The van der Waals surface area contributed by atoms with E-state index >= 15 is 0 Å². The van der Waals surface area contributed by atoms with Crippen molar-refractivity contribution in [2.24, 2.45) is 5.92 Å². The Morgan fingerprint density at radius 1 is 1.33 bits per heavy atom. The smallest absolute Gasteiger partial charge is 0.239 e. The summed E-state index contributed by atoms with van der Waals surface area (Å²) < 4.78 is 1.62. The molecule has 2 N–H and O–H groups in total. The Hall–Kier alpha value is -2.44. The third kappa shape index (κ3) is 3.90. The molecule has 2 aromatic rings. The molecule has 7 heteroatoms. The summed E-state index contributed by atoms with van der Waals surface area (Å²) in [6.07, 6.45) is 6.34. The zero-order valence-corrected chi connectivity index (χ0v) is 14.2. The van der Waals surface area contributed by atoms with Gasteiger partial charge in [0.2, 0.25) is 5.91 Å². The third-order valence-corrected chi connectivity index (χ3v) is 4.70. The molecule has 3 rings (SSSR count). The Kier molecular flexibility index (Phi) is 5.08. The molecule has 24 heavy (non-hydrogen) atoms. The van der Waals surface area contributed by atoms with Crippen LogP contribution in [0.1, 0.15) is 38.2 Å². The molecule has 1 saturated carbocycles. The molecule has 1 aromatic heterocycles. The molecule has 0 aliphatic heterocycles. The van der Waals surface area contributed by atoms with Crippen molar-refractivity contribution in [3.63, 3.8) is 0 Å². The van der Waals surface area contributed by atoms with Gasteiger partial charge in [-0.25, -0.2) is 4.68 Å². The van der Waals surface area contributed by atoms with Crippen LogP contribution in [0.4, 0.5) is 5.69 Å². The Morgan fingerprint density at radius 3 is 2.88 bits per heavy atom. The van der Waals surface area contributed by atoms with Gasteiger partial charge in [-0.15, -0.1) is 5.10 Å². The highest BCUT2D eigenvalue weighted by Crippen LogP contribution is 2.23. The lowest BCUT2D eigenvalue weighted by Crippen LogP contribution is -2.43. The number of aryl methyl sites for hydroxylation is 1. The fourth-order valence-corrected chi connectivity index (χ4v) is 3.26. The van der Waals surface area contributed by atoms with E-state index in [0.717, 1.165) is 23.4 Å². The molecule has 2 atom stereocenters. The molecule has 1 aliphatic carbocycles. The molecular weight excluding hydrogens is 304 g/mol. The number of carbonyl (C=O) groups excluding carboxylic acids is 1. The number of amides is 1. The lowest BCUT2D eigenvalue weighted by molar-refractivity contribution is -0.120. The van der Waals surface area contributed by atoms with Gasteiger partial charge >= 0.3 is 0 Å². The number of aromatic nitrogens is 4. The maximum absolute atomic E-state index is 12.2. The number of tetrazole rings is 1. The lowest BCUT2D eigenvalue weighted by atomic mass is 9.86. The van der Waals surface area contributed by atoms with Gasteiger partial charge in [0, 0.05) is 11.7 Å². The van der Waals surface area contributed by atoms with Gasteiger partial charge in [0.15, 0.2) is 0 Å². The van der Waals surface area contributed by atoms with Crippen molar-refractivity contribution in [2.45, 2.75) is 45.6 Å². The van der Waals surface area contributed by atoms with Crippen molar-refractivity contribution in [1.82, 2.24) is 25.5 Å². The average molecular weight is 328 g/mol. The summed E-state index contributed by atoms with van der Waals surface area (Å²) >= 11 is 0. The van der Waals surface area contributed by atoms with Crippen molar-refractivity contribution in [3.05, 3.63) is 30.1 Å². The number of nitrogens with one attached hydrogen (secondary N) is 2. The second-order valence-electron chi connectivity index (χ2n) is 6.54. The Morgan fingerprint density at radius 2 is 2.17 bits per heavy atom. The van der Waals surface area contributed by atoms with E-state index in [0.29, 0.717) is 12.0 Å². The fraction of sp³-hybridized carbons (Fsp3) is 0.529. The SMILES string of the molecule is Cc1cc(NCC(=O)N[C@H]2CCCC[C@@H]2C)ccc1-n1cnnn1. The number of anilines is 1. The van der Waals surface area contributed by atoms with Crippen LogP contribution in [0.25, 0.3) is 5.69 Å². The summed E-state index contributed by atoms with van der Waals surface area (Å²) in [5.74, 6) is 0.622. The first kappa shape index (κ1) is 16.4. The van der Waals surface area contributed by atoms with E-state index in [4.69, 9.17) is 0 Å². The topological polar surface area (TPSA) is 84.7 Å². The van der Waals surface area contributed by atoms with Crippen molar-refractivity contribution in [2.75, 3.05) is 11.9 Å². The Balaban J connectivity index is 1.54. The number of benzene rings is 1. The van der Waals surface area contributed by atoms with Gasteiger partial charge in [-0.2, -0.15) is 0 Å². The van der Waals surface area contributed by atoms with E-state index in [-0.39, 0.29) is 12.5 Å². The highest BCUT2D eigenvalue weighted by Gasteiger charge is 2.22. The molecule has 1 aromatic carbocycles. The second kappa shape index (κ2) is 7.42. The molecule has 0 radical (unpaired) electrons. The summed E-state index contributed by atoms with van der Waals surface area (Å²) in [6.45, 7) is 4.50. The molecule has 128 valence electrons. The largest absolute Gasteiger partial charge is 0.376 e. The Bertz CT molecular complexity index is 684. The maximum Gasteiger partial charge on any atom is 0.239 e. The summed E-state index contributed by atoms with van der Waals surface area (Å²) in [7, 11) is 0. The average Bonchev–Trinajstić information content (AvgIpc) is 3.09. The molecule has 0 unspecified atom stereocenters. The van der Waals surface area contributed by atoms with E-state index in [9.17, 15) is 4.79 Å². The van der Waals surface area contributed by atoms with Gasteiger partial charge in [-0.1, -0.05) is 19.8 Å². The fourth-order valence-electron chi connectivity index (χ4n) is 3.26. The molecule has 0 spiro atoms. The van der Waals surface area contributed by atoms with Gasteiger partial charge in [0.25, 0.3) is 0 Å². The van der Waals surface area contributed by atoms with E-state index in [1.807, 2.05) is 25.1 Å². The number of carbonyl (C=O) groups is 1. The van der Waals surface area contributed by atoms with Crippen LogP contribution in [0.3, 0.4) is 0 Å². The third-order valence-electron chi connectivity index (χ3n) is 4.70. The molecule has 1 fully saturated rings. The van der Waals surface area contributed by atoms with Crippen LogP contribution in [0.15, 0.2) is 24.5 Å². The van der Waals surface area contributed by atoms with Crippen molar-refractivity contribution in [3.8, 4) is 5.69 Å². The maximum atomic E-state index is 12.2. The van der Waals surface area contributed by atoms with Crippen molar-refractivity contribution in [1.29, 1.82) is 0 Å². The molecular formula is C17H24N6O. The van der Waals surface area contributed by atoms with Crippen LogP contribution in [0.5, 0.6) is 0 Å². The molecule has 0 saturated heterocycles. The van der Waals surface area contributed by atoms with Crippen molar-refractivity contribution < 1.29 is 4.79 Å². The highest BCUT2D eigenvalue weighted by molar-refractivity contribution is 5.81. The minimum Gasteiger partial charge on any atom is -0.376 e. The van der Waals surface area contributed by atoms with Crippen LogP contribution in [0.2, 0.25) is 0 Å². The predicted molar refractivity (Wildman–Crippen MR) is 91.9 cm³/mol. The van der Waals surface area contributed by atoms with E-state index < -0.39 is 0 Å². The number of hydrogen-bond donors (Lipinski definition) is 2. The minimum absolute atomic E-state index is 0.0518. The second-order valence-corrected chi connectivity index (χ2v) is 6.54. The first-order valence-electron chi connectivity index (χ1n) is 8.51. The zero-order valence-electron chi connectivity index (χ0n) is 14.2. The summed E-state index contributed by atoms with van der Waals surface area (Å²) in [4.78, 5) is 12.2. The summed E-state index contributed by atoms with van der Waals surface area (Å²) in [5, 5.41) is 17.5. The normalized spacial score (nSPS) is 20.6. The number of hydrogen-bond acceptors (Lipinski definition) is 5. The standard InChI is InChI=1S/C17H24N6O/c1-12-5-3-4-6-15(12)20-17(24)10-18-14-7-8-16(13(2)9-14)23-11-19-21-22-23/h7-9,11-12,15,18H,3-6,10H2,1-2H3,(H,20,24)/t12-,15-/m0/s1. The van der Waals surface area contributed by atoms with Gasteiger partial charge in [0.05, 0.1) is 12.2 Å². The minimum atomic E-state index is 0.0518. The molecule has 7 nitrogen and oxygen atoms in total. The van der Waals surface area contributed by atoms with E-state index in [1.165, 1.54) is 19.3 Å². The first-order chi connectivity index (χ1) is 11.6. The van der Waals surface area contributed by atoms with Crippen LogP contribution in [-0.2, 0) is 4.79 Å². The van der Waals surface area contributed by atoms with E-state index in [1.54, 1.807) is 11.0 Å². The number of rotatable bonds is 5. The molecule has 1 aliphatic rings. The lowest BCUT2D eigenvalue weighted by Gasteiger charge is -2.29. The summed E-state index contributed by atoms with van der Waals surface area (Å²) in [6, 6.07) is 6.18. The zero-order chi connectivity index (χ0) is 16.9. The Labute approximate surface area is 141 Å².